The van der Waals surface area contributed by atoms with Crippen LogP contribution in [0.2, 0.25) is 0 Å². The van der Waals surface area contributed by atoms with Gasteiger partial charge in [0, 0.05) is 5.70 Å². The third kappa shape index (κ3) is 4.43. The molecule has 0 radical (unpaired) electrons. The smallest absolute Gasteiger partial charge is 0.347 e. The molecule has 0 saturated carbocycles. The number of rotatable bonds is 3. The van der Waals surface area contributed by atoms with E-state index >= 15 is 0 Å². The number of esters is 1. The van der Waals surface area contributed by atoms with Gasteiger partial charge in [-0.1, -0.05) is 0 Å². The summed E-state index contributed by atoms with van der Waals surface area (Å²) in [6, 6.07) is 0. The summed E-state index contributed by atoms with van der Waals surface area (Å²) in [4.78, 5) is 11.4. The largest absolute Gasteiger partial charge is 0.459 e. The Balaban J connectivity index is 4.52. The summed E-state index contributed by atoms with van der Waals surface area (Å²) in [5.74, 6) is -0.540. The van der Waals surface area contributed by atoms with E-state index in [-0.39, 0.29) is 11.0 Å². The van der Waals surface area contributed by atoms with Crippen molar-refractivity contribution >= 4 is 17.7 Å². The number of thioether (sulfide) groups is 1. The Labute approximate surface area is 81.7 Å². The molecule has 0 amide bonds. The van der Waals surface area contributed by atoms with E-state index in [0.717, 1.165) is 11.8 Å². The molecule has 0 aromatic carbocycles. The molecule has 0 bridgehead atoms. The van der Waals surface area contributed by atoms with Gasteiger partial charge in [-0.15, -0.1) is 0 Å². The van der Waals surface area contributed by atoms with E-state index in [1.54, 1.807) is 26.2 Å². The van der Waals surface area contributed by atoms with Crippen molar-refractivity contribution in [2.45, 2.75) is 26.9 Å². The summed E-state index contributed by atoms with van der Waals surface area (Å²) in [5.41, 5.74) is 5.71. The molecule has 0 saturated heterocycles. The highest BCUT2D eigenvalue weighted by atomic mass is 32.2. The number of ether oxygens (including phenoxy) is 1. The van der Waals surface area contributed by atoms with E-state index in [1.165, 1.54) is 0 Å². The first-order chi connectivity index (χ1) is 5.99. The molecule has 0 aromatic heterocycles. The van der Waals surface area contributed by atoms with E-state index in [1.807, 2.05) is 0 Å². The van der Waals surface area contributed by atoms with Gasteiger partial charge in [-0.3, -0.25) is 0 Å². The Kier molecular flexibility index (Phi) is 5.00. The number of allylic oxidation sites excluding steroid dienone is 1. The number of hydrogen-bond acceptors (Lipinski definition) is 5. The lowest BCUT2D eigenvalue weighted by molar-refractivity contribution is -0.141. The standard InChI is InChI=1S/C8H12N2O2S/c1-5(2)12-8(11)7(6(3)10)13-4-9/h5H,10H2,1-3H3/b7-6+. The third-order valence-electron chi connectivity index (χ3n) is 1.03. The zero-order valence-corrected chi connectivity index (χ0v) is 8.64. The van der Waals surface area contributed by atoms with Crippen LogP contribution >= 0.6 is 11.8 Å². The molecule has 0 aliphatic carbocycles. The highest BCUT2D eigenvalue weighted by Crippen LogP contribution is 2.18. The van der Waals surface area contributed by atoms with Gasteiger partial charge in [0.2, 0.25) is 0 Å². The van der Waals surface area contributed by atoms with Crippen LogP contribution < -0.4 is 5.73 Å². The maximum atomic E-state index is 11.3. The van der Waals surface area contributed by atoms with Gasteiger partial charge in [0.1, 0.15) is 10.3 Å². The maximum Gasteiger partial charge on any atom is 0.347 e. The summed E-state index contributed by atoms with van der Waals surface area (Å²) >= 11 is 0.720. The molecular weight excluding hydrogens is 188 g/mol. The highest BCUT2D eigenvalue weighted by Gasteiger charge is 2.15. The van der Waals surface area contributed by atoms with Crippen molar-refractivity contribution in [3.63, 3.8) is 0 Å². The van der Waals surface area contributed by atoms with E-state index in [0.29, 0.717) is 5.70 Å². The second-order valence-electron chi connectivity index (χ2n) is 2.66. The van der Waals surface area contributed by atoms with Crippen molar-refractivity contribution < 1.29 is 9.53 Å². The third-order valence-corrected chi connectivity index (χ3v) is 1.82. The lowest BCUT2D eigenvalue weighted by atomic mass is 10.4. The Morgan fingerprint density at radius 2 is 2.15 bits per heavy atom. The quantitative estimate of drug-likeness (QED) is 0.422. The van der Waals surface area contributed by atoms with Gasteiger partial charge in [0.05, 0.1) is 6.10 Å². The van der Waals surface area contributed by atoms with Crippen LogP contribution in [0, 0.1) is 10.7 Å². The Hall–Kier alpha value is -1.15. The molecular formula is C8H12N2O2S. The molecule has 5 heteroatoms. The van der Waals surface area contributed by atoms with Crippen LogP contribution in [-0.2, 0) is 9.53 Å². The van der Waals surface area contributed by atoms with E-state index in [2.05, 4.69) is 0 Å². The molecule has 0 fully saturated rings. The Bertz CT molecular complexity index is 262. The predicted octanol–water partition coefficient (Wildman–Crippen LogP) is 1.34. The SMILES string of the molecule is C/C(N)=C(\SC#N)C(=O)OC(C)C. The second-order valence-corrected chi connectivity index (χ2v) is 3.45. The van der Waals surface area contributed by atoms with E-state index < -0.39 is 5.97 Å². The molecule has 0 aromatic rings. The van der Waals surface area contributed by atoms with Crippen LogP contribution in [0.25, 0.3) is 0 Å². The molecule has 0 heterocycles. The first-order valence-corrected chi connectivity index (χ1v) is 4.54. The van der Waals surface area contributed by atoms with Gasteiger partial charge in [-0.25, -0.2) is 4.79 Å². The summed E-state index contributed by atoms with van der Waals surface area (Å²) in [5, 5.41) is 10.2. The predicted molar refractivity (Wildman–Crippen MR) is 51.3 cm³/mol. The Morgan fingerprint density at radius 3 is 2.46 bits per heavy atom. The molecule has 0 rings (SSSR count). The highest BCUT2D eigenvalue weighted by molar-refractivity contribution is 8.08. The van der Waals surface area contributed by atoms with Gasteiger partial charge in [-0.05, 0) is 32.5 Å². The molecule has 0 aliphatic heterocycles. The molecule has 0 aliphatic rings. The number of carbonyl (C=O) groups is 1. The van der Waals surface area contributed by atoms with Gasteiger partial charge in [-0.2, -0.15) is 5.26 Å². The zero-order valence-electron chi connectivity index (χ0n) is 7.83. The van der Waals surface area contributed by atoms with Crippen LogP contribution in [0.1, 0.15) is 20.8 Å². The summed E-state index contributed by atoms with van der Waals surface area (Å²) in [7, 11) is 0. The second kappa shape index (κ2) is 5.49. The summed E-state index contributed by atoms with van der Waals surface area (Å²) < 4.78 is 4.88. The van der Waals surface area contributed by atoms with Gasteiger partial charge < -0.3 is 10.5 Å². The summed E-state index contributed by atoms with van der Waals surface area (Å²) in [6.45, 7) is 5.03. The van der Waals surface area contributed by atoms with E-state index in [4.69, 9.17) is 15.7 Å². The number of nitrogens with two attached hydrogens (primary N) is 1. The molecule has 0 unspecified atom stereocenters. The van der Waals surface area contributed by atoms with Gasteiger partial charge >= 0.3 is 5.97 Å². The Morgan fingerprint density at radius 1 is 1.62 bits per heavy atom. The lowest BCUT2D eigenvalue weighted by Crippen LogP contribution is -2.14. The fraction of sp³-hybridized carbons (Fsp3) is 0.500. The van der Waals surface area contributed by atoms with Crippen LogP contribution in [0.15, 0.2) is 10.6 Å². The fourth-order valence-electron chi connectivity index (χ4n) is 0.596. The first-order valence-electron chi connectivity index (χ1n) is 3.72. The van der Waals surface area contributed by atoms with Crippen LogP contribution in [-0.4, -0.2) is 12.1 Å². The normalized spacial score (nSPS) is 11.9. The van der Waals surface area contributed by atoms with E-state index in [9.17, 15) is 4.79 Å². The molecule has 0 spiro atoms. The van der Waals surface area contributed by atoms with Crippen LogP contribution in [0.5, 0.6) is 0 Å². The minimum absolute atomic E-state index is 0.163. The van der Waals surface area contributed by atoms with Gasteiger partial charge in [0.15, 0.2) is 0 Å². The van der Waals surface area contributed by atoms with Crippen molar-refractivity contribution in [3.8, 4) is 5.40 Å². The number of nitriles is 1. The van der Waals surface area contributed by atoms with Crippen LogP contribution in [0.3, 0.4) is 0 Å². The topological polar surface area (TPSA) is 76.1 Å². The van der Waals surface area contributed by atoms with Crippen molar-refractivity contribution in [1.82, 2.24) is 0 Å². The zero-order chi connectivity index (χ0) is 10.4. The average Bonchev–Trinajstić information content (AvgIpc) is 1.97. The minimum Gasteiger partial charge on any atom is -0.459 e. The van der Waals surface area contributed by atoms with Crippen molar-refractivity contribution in [2.24, 2.45) is 5.73 Å². The number of thiocyanates is 1. The van der Waals surface area contributed by atoms with Crippen molar-refractivity contribution in [2.75, 3.05) is 0 Å². The molecule has 13 heavy (non-hydrogen) atoms. The fourth-order valence-corrected chi connectivity index (χ4v) is 0.980. The minimum atomic E-state index is -0.540. The van der Waals surface area contributed by atoms with Gasteiger partial charge in [0.25, 0.3) is 0 Å². The molecule has 4 nitrogen and oxygen atoms in total. The molecule has 0 atom stereocenters. The number of nitrogens with zero attached hydrogens (tertiary/aromatic N) is 1. The first kappa shape index (κ1) is 11.8. The molecule has 2 N–H and O–H groups in total. The number of carbonyl (C=O) groups excluding carboxylic acids is 1. The van der Waals surface area contributed by atoms with Crippen molar-refractivity contribution in [3.05, 3.63) is 10.6 Å². The average molecular weight is 200 g/mol. The molecule has 72 valence electrons. The maximum absolute atomic E-state index is 11.3. The van der Waals surface area contributed by atoms with Crippen molar-refractivity contribution in [1.29, 1.82) is 5.26 Å². The monoisotopic (exact) mass is 200 g/mol. The summed E-state index contributed by atoms with van der Waals surface area (Å²) in [6.07, 6.45) is -0.207. The lowest BCUT2D eigenvalue weighted by Gasteiger charge is -2.08. The number of hydrogen-bond donors (Lipinski definition) is 1. The van der Waals surface area contributed by atoms with Crippen LogP contribution in [0.4, 0.5) is 0 Å².